The topological polar surface area (TPSA) is 54.2 Å². The third kappa shape index (κ3) is 4.54. The predicted molar refractivity (Wildman–Crippen MR) is 145 cm³/mol. The lowest BCUT2D eigenvalue weighted by molar-refractivity contribution is 0.404. The number of hydrogen-bond donors (Lipinski definition) is 1. The Bertz CT molecular complexity index is 1450. The maximum absolute atomic E-state index is 14.2. The highest BCUT2D eigenvalue weighted by Gasteiger charge is 2.35. The van der Waals surface area contributed by atoms with Crippen LogP contribution in [-0.4, -0.2) is 15.3 Å². The van der Waals surface area contributed by atoms with Crippen molar-refractivity contribution < 1.29 is 8.91 Å². The first-order valence-corrected chi connectivity index (χ1v) is 12.3. The van der Waals surface area contributed by atoms with Crippen molar-refractivity contribution in [1.29, 1.82) is 0 Å². The second kappa shape index (κ2) is 9.66. The van der Waals surface area contributed by atoms with Crippen molar-refractivity contribution in [2.24, 2.45) is 0 Å². The van der Waals surface area contributed by atoms with Crippen LogP contribution in [0.25, 0.3) is 17.0 Å². The standard InChI is InChI=1S/C29H27FN4OS/c1-5-20-9-11-21(12-10-20)27-32-28(35-33-27)25-19(4)34(24-14-17(2)13-18(3)15-24)29(36)31-26(25)22-7-6-8-23(30)16-22/h6-16,26H,5H2,1-4H3,(H,31,36). The quantitative estimate of drug-likeness (QED) is 0.301. The molecule has 1 atom stereocenters. The molecule has 182 valence electrons. The molecule has 4 aromatic rings. The van der Waals surface area contributed by atoms with Gasteiger partial charge in [0, 0.05) is 16.9 Å². The van der Waals surface area contributed by atoms with Crippen molar-refractivity contribution in [3.63, 3.8) is 0 Å². The Kier molecular flexibility index (Phi) is 6.41. The van der Waals surface area contributed by atoms with Crippen molar-refractivity contribution in [1.82, 2.24) is 15.5 Å². The minimum Gasteiger partial charge on any atom is -0.351 e. The van der Waals surface area contributed by atoms with E-state index in [2.05, 4.69) is 61.6 Å². The fourth-order valence-corrected chi connectivity index (χ4v) is 5.05. The molecule has 7 heteroatoms. The second-order valence-electron chi connectivity index (χ2n) is 9.09. The number of rotatable bonds is 5. The van der Waals surface area contributed by atoms with E-state index in [0.717, 1.165) is 45.6 Å². The maximum Gasteiger partial charge on any atom is 0.258 e. The molecule has 0 saturated heterocycles. The Hall–Kier alpha value is -3.84. The summed E-state index contributed by atoms with van der Waals surface area (Å²) in [5, 5.41) is 8.18. The van der Waals surface area contributed by atoms with Crippen LogP contribution in [0, 0.1) is 19.7 Å². The zero-order chi connectivity index (χ0) is 25.4. The van der Waals surface area contributed by atoms with Crippen molar-refractivity contribution >= 4 is 28.6 Å². The van der Waals surface area contributed by atoms with Crippen molar-refractivity contribution in [2.75, 3.05) is 4.90 Å². The summed E-state index contributed by atoms with van der Waals surface area (Å²) in [6, 6.07) is 20.4. The third-order valence-corrected chi connectivity index (χ3v) is 6.71. The summed E-state index contributed by atoms with van der Waals surface area (Å²) in [6.45, 7) is 8.21. The summed E-state index contributed by atoms with van der Waals surface area (Å²) in [4.78, 5) is 6.73. The SMILES string of the molecule is CCc1ccc(-c2noc(C3=C(C)N(c4cc(C)cc(C)c4)C(=S)NC3c3cccc(F)c3)n2)cc1. The summed E-state index contributed by atoms with van der Waals surface area (Å²) in [7, 11) is 0. The van der Waals surface area contributed by atoms with Gasteiger partial charge in [-0.1, -0.05) is 54.5 Å². The average molecular weight is 499 g/mol. The van der Waals surface area contributed by atoms with Gasteiger partial charge >= 0.3 is 0 Å². The number of halogens is 1. The van der Waals surface area contributed by atoms with Crippen molar-refractivity contribution in [2.45, 2.75) is 40.2 Å². The Morgan fingerprint density at radius 1 is 1.00 bits per heavy atom. The van der Waals surface area contributed by atoms with E-state index in [9.17, 15) is 4.39 Å². The largest absolute Gasteiger partial charge is 0.351 e. The van der Waals surface area contributed by atoms with Gasteiger partial charge in [-0.3, -0.25) is 4.90 Å². The van der Waals surface area contributed by atoms with Gasteiger partial charge in [0.25, 0.3) is 5.89 Å². The number of thiocarbonyl (C=S) groups is 1. The lowest BCUT2D eigenvalue weighted by Crippen LogP contribution is -2.46. The molecule has 0 aliphatic carbocycles. The average Bonchev–Trinajstić information content (AvgIpc) is 3.33. The summed E-state index contributed by atoms with van der Waals surface area (Å²) in [6.07, 6.45) is 0.957. The smallest absolute Gasteiger partial charge is 0.258 e. The molecular weight excluding hydrogens is 471 g/mol. The normalized spacial score (nSPS) is 15.9. The van der Waals surface area contributed by atoms with Gasteiger partial charge in [-0.05, 0) is 85.9 Å². The number of aryl methyl sites for hydroxylation is 3. The molecular formula is C29H27FN4OS. The van der Waals surface area contributed by atoms with E-state index < -0.39 is 6.04 Å². The fraction of sp³-hybridized carbons (Fsp3) is 0.207. The minimum atomic E-state index is -0.453. The van der Waals surface area contributed by atoms with Gasteiger partial charge in [-0.15, -0.1) is 0 Å². The number of allylic oxidation sites excluding steroid dienone is 1. The summed E-state index contributed by atoms with van der Waals surface area (Å²) in [5.41, 5.74) is 7.61. The van der Waals surface area contributed by atoms with Crippen molar-refractivity contribution in [3.8, 4) is 11.4 Å². The van der Waals surface area contributed by atoms with Gasteiger partial charge in [0.2, 0.25) is 5.82 Å². The van der Waals surface area contributed by atoms with Gasteiger partial charge in [0.15, 0.2) is 5.11 Å². The zero-order valence-corrected chi connectivity index (χ0v) is 21.5. The lowest BCUT2D eigenvalue weighted by atomic mass is 9.94. The molecule has 1 unspecified atom stereocenters. The van der Waals surface area contributed by atoms with E-state index >= 15 is 0 Å². The van der Waals surface area contributed by atoms with E-state index in [-0.39, 0.29) is 5.82 Å². The van der Waals surface area contributed by atoms with Crippen LogP contribution in [0.1, 0.15) is 48.0 Å². The first kappa shape index (κ1) is 23.9. The summed E-state index contributed by atoms with van der Waals surface area (Å²) >= 11 is 5.81. The van der Waals surface area contributed by atoms with E-state index in [1.807, 2.05) is 30.0 Å². The monoisotopic (exact) mass is 498 g/mol. The Balaban J connectivity index is 1.65. The van der Waals surface area contributed by atoms with Crippen molar-refractivity contribution in [3.05, 3.63) is 106 Å². The van der Waals surface area contributed by atoms with E-state index in [1.165, 1.54) is 17.7 Å². The molecule has 1 aliphatic heterocycles. The lowest BCUT2D eigenvalue weighted by Gasteiger charge is -2.37. The Labute approximate surface area is 215 Å². The van der Waals surface area contributed by atoms with E-state index in [0.29, 0.717) is 16.8 Å². The highest BCUT2D eigenvalue weighted by atomic mass is 32.1. The van der Waals surface area contributed by atoms with Crippen LogP contribution in [0.4, 0.5) is 10.1 Å². The zero-order valence-electron chi connectivity index (χ0n) is 20.7. The van der Waals surface area contributed by atoms with Gasteiger partial charge in [-0.25, -0.2) is 4.39 Å². The third-order valence-electron chi connectivity index (χ3n) is 6.41. The van der Waals surface area contributed by atoms with Crippen LogP contribution in [0.5, 0.6) is 0 Å². The van der Waals surface area contributed by atoms with Crippen LogP contribution in [0.15, 0.2) is 77.0 Å². The first-order valence-electron chi connectivity index (χ1n) is 11.9. The van der Waals surface area contributed by atoms with Crippen LogP contribution in [-0.2, 0) is 6.42 Å². The maximum atomic E-state index is 14.2. The number of hydrogen-bond acceptors (Lipinski definition) is 4. The Morgan fingerprint density at radius 3 is 2.39 bits per heavy atom. The number of nitrogens with zero attached hydrogens (tertiary/aromatic N) is 3. The fourth-order valence-electron chi connectivity index (χ4n) is 4.69. The second-order valence-corrected chi connectivity index (χ2v) is 9.48. The molecule has 36 heavy (non-hydrogen) atoms. The molecule has 0 saturated carbocycles. The van der Waals surface area contributed by atoms with E-state index in [1.54, 1.807) is 6.07 Å². The van der Waals surface area contributed by atoms with Crippen LogP contribution in [0.3, 0.4) is 0 Å². The summed E-state index contributed by atoms with van der Waals surface area (Å²) in [5.74, 6) is 0.536. The molecule has 2 heterocycles. The summed E-state index contributed by atoms with van der Waals surface area (Å²) < 4.78 is 20.0. The van der Waals surface area contributed by atoms with Gasteiger partial charge < -0.3 is 9.84 Å². The molecule has 5 nitrogen and oxygen atoms in total. The number of aromatic nitrogens is 2. The minimum absolute atomic E-state index is 0.323. The number of benzene rings is 3. The van der Waals surface area contributed by atoms with E-state index in [4.69, 9.17) is 21.7 Å². The molecule has 1 N–H and O–H groups in total. The highest BCUT2D eigenvalue weighted by molar-refractivity contribution is 7.80. The molecule has 1 aromatic heterocycles. The van der Waals surface area contributed by atoms with Crippen LogP contribution < -0.4 is 10.2 Å². The molecule has 0 amide bonds. The van der Waals surface area contributed by atoms with Gasteiger partial charge in [0.1, 0.15) is 5.82 Å². The first-order chi connectivity index (χ1) is 17.3. The van der Waals surface area contributed by atoms with Crippen LogP contribution >= 0.6 is 12.2 Å². The molecule has 3 aromatic carbocycles. The Morgan fingerprint density at radius 2 is 1.72 bits per heavy atom. The molecule has 0 spiro atoms. The van der Waals surface area contributed by atoms with Gasteiger partial charge in [0.05, 0.1) is 11.6 Å². The molecule has 1 aliphatic rings. The predicted octanol–water partition coefficient (Wildman–Crippen LogP) is 6.92. The highest BCUT2D eigenvalue weighted by Crippen LogP contribution is 2.39. The number of nitrogens with one attached hydrogen (secondary N) is 1. The molecule has 0 fully saturated rings. The number of anilines is 1. The van der Waals surface area contributed by atoms with Gasteiger partial charge in [-0.2, -0.15) is 4.98 Å². The molecule has 5 rings (SSSR count). The van der Waals surface area contributed by atoms with Crippen LogP contribution in [0.2, 0.25) is 0 Å². The molecule has 0 radical (unpaired) electrons. The molecule has 0 bridgehead atoms.